The third kappa shape index (κ3) is 6.43. The van der Waals surface area contributed by atoms with E-state index < -0.39 is 17.5 Å². The van der Waals surface area contributed by atoms with Gasteiger partial charge in [-0.1, -0.05) is 45.0 Å². The van der Waals surface area contributed by atoms with Crippen LogP contribution in [0.4, 0.5) is 0 Å². The van der Waals surface area contributed by atoms with Crippen LogP contribution in [0.2, 0.25) is 0 Å². The first kappa shape index (κ1) is 26.3. The second-order valence-electron chi connectivity index (χ2n) is 11.1. The van der Waals surface area contributed by atoms with E-state index in [9.17, 15) is 9.59 Å². The SMILES string of the molecule is Cc1ncsc1-c1ccc(CNC(=O)[C@H]2C[C@H](OC(C)(C)C)CN2C(=O)[C@H](N)C(C)(C)C)cc1. The van der Waals surface area contributed by atoms with Crippen molar-refractivity contribution in [3.8, 4) is 10.4 Å². The summed E-state index contributed by atoms with van der Waals surface area (Å²) >= 11 is 1.61. The number of nitrogens with one attached hydrogen (secondary N) is 1. The van der Waals surface area contributed by atoms with Gasteiger partial charge in [0.1, 0.15) is 6.04 Å². The number of carbonyl (C=O) groups excluding carboxylic acids is 2. The summed E-state index contributed by atoms with van der Waals surface area (Å²) in [6.07, 6.45) is 0.240. The van der Waals surface area contributed by atoms with Crippen molar-refractivity contribution in [3.05, 3.63) is 41.0 Å². The average Bonchev–Trinajstić information content (AvgIpc) is 3.35. The molecule has 2 aromatic rings. The minimum absolute atomic E-state index is 0.183. The molecule has 2 amide bonds. The number of rotatable bonds is 6. The maximum atomic E-state index is 13.2. The van der Waals surface area contributed by atoms with Gasteiger partial charge < -0.3 is 20.7 Å². The Morgan fingerprint density at radius 1 is 1.21 bits per heavy atom. The Hall–Kier alpha value is -2.29. The molecule has 7 nitrogen and oxygen atoms in total. The average molecular weight is 487 g/mol. The molecule has 3 atom stereocenters. The number of ether oxygens (including phenoxy) is 1. The topological polar surface area (TPSA) is 97.5 Å². The lowest BCUT2D eigenvalue weighted by Crippen LogP contribution is -2.54. The molecule has 1 fully saturated rings. The number of likely N-dealkylation sites (tertiary alicyclic amines) is 1. The zero-order valence-corrected chi connectivity index (χ0v) is 22.2. The monoisotopic (exact) mass is 486 g/mol. The van der Waals surface area contributed by atoms with Gasteiger partial charge in [0.05, 0.1) is 33.8 Å². The Morgan fingerprint density at radius 2 is 1.85 bits per heavy atom. The molecule has 0 saturated carbocycles. The molecule has 1 aliphatic heterocycles. The molecule has 1 aromatic heterocycles. The Bertz CT molecular complexity index is 1000. The standard InChI is InChI=1S/C26H38N4O3S/c1-16-21(34-15-29-16)18-10-8-17(9-11-18)13-28-23(31)20-12-19(33-26(5,6)7)14-30(20)24(32)22(27)25(2,3)4/h8-11,15,19-20,22H,12-14,27H2,1-7H3,(H,28,31)/t19-,20+,22-/m0/s1. The van der Waals surface area contributed by atoms with Gasteiger partial charge in [-0.25, -0.2) is 4.98 Å². The molecule has 0 aliphatic carbocycles. The number of thiazole rings is 1. The third-order valence-corrected chi connectivity index (χ3v) is 6.97. The highest BCUT2D eigenvalue weighted by Crippen LogP contribution is 2.29. The lowest BCUT2D eigenvalue weighted by Gasteiger charge is -2.32. The maximum absolute atomic E-state index is 13.2. The normalized spacial score (nSPS) is 19.8. The fraction of sp³-hybridized carbons (Fsp3) is 0.577. The summed E-state index contributed by atoms with van der Waals surface area (Å²) in [7, 11) is 0. The number of hydrogen-bond donors (Lipinski definition) is 2. The van der Waals surface area contributed by atoms with Crippen molar-refractivity contribution in [1.29, 1.82) is 0 Å². The van der Waals surface area contributed by atoms with Gasteiger partial charge in [-0.2, -0.15) is 0 Å². The smallest absolute Gasteiger partial charge is 0.243 e. The minimum Gasteiger partial charge on any atom is -0.371 e. The van der Waals surface area contributed by atoms with E-state index in [0.29, 0.717) is 19.5 Å². The molecular formula is C26H38N4O3S. The van der Waals surface area contributed by atoms with Crippen molar-refractivity contribution in [2.24, 2.45) is 11.1 Å². The number of hydrogen-bond acceptors (Lipinski definition) is 6. The molecule has 2 heterocycles. The molecule has 186 valence electrons. The second-order valence-corrected chi connectivity index (χ2v) is 12.0. The molecule has 3 rings (SSSR count). The summed E-state index contributed by atoms with van der Waals surface area (Å²) < 4.78 is 6.13. The van der Waals surface area contributed by atoms with Crippen LogP contribution in [-0.2, 0) is 20.9 Å². The van der Waals surface area contributed by atoms with Crippen LogP contribution in [0.25, 0.3) is 10.4 Å². The fourth-order valence-electron chi connectivity index (χ4n) is 4.08. The van der Waals surface area contributed by atoms with Crippen LogP contribution in [0.15, 0.2) is 29.8 Å². The summed E-state index contributed by atoms with van der Waals surface area (Å²) in [5.74, 6) is -0.395. The van der Waals surface area contributed by atoms with Gasteiger partial charge in [0, 0.05) is 19.5 Å². The number of nitrogens with zero attached hydrogens (tertiary/aromatic N) is 2. The molecule has 1 aromatic carbocycles. The second kappa shape index (κ2) is 10.1. The summed E-state index contributed by atoms with van der Waals surface area (Å²) in [6.45, 7) is 14.5. The molecule has 0 unspecified atom stereocenters. The molecule has 34 heavy (non-hydrogen) atoms. The summed E-state index contributed by atoms with van der Waals surface area (Å²) in [4.78, 5) is 33.5. The van der Waals surface area contributed by atoms with Crippen LogP contribution in [0.1, 0.15) is 59.2 Å². The van der Waals surface area contributed by atoms with E-state index in [0.717, 1.165) is 21.7 Å². The van der Waals surface area contributed by atoms with Crippen LogP contribution < -0.4 is 11.1 Å². The van der Waals surface area contributed by atoms with Crippen molar-refractivity contribution in [3.63, 3.8) is 0 Å². The summed E-state index contributed by atoms with van der Waals surface area (Å²) in [5, 5.41) is 3.01. The highest BCUT2D eigenvalue weighted by molar-refractivity contribution is 7.13. The van der Waals surface area contributed by atoms with E-state index in [4.69, 9.17) is 10.5 Å². The van der Waals surface area contributed by atoms with Gasteiger partial charge in [-0.15, -0.1) is 11.3 Å². The molecule has 0 spiro atoms. The van der Waals surface area contributed by atoms with Crippen molar-refractivity contribution < 1.29 is 14.3 Å². The third-order valence-electron chi connectivity index (χ3n) is 6.00. The summed E-state index contributed by atoms with van der Waals surface area (Å²) in [6, 6.07) is 6.80. The quantitative estimate of drug-likeness (QED) is 0.646. The van der Waals surface area contributed by atoms with Crippen LogP contribution >= 0.6 is 11.3 Å². The number of benzene rings is 1. The Kier molecular flexibility index (Phi) is 7.85. The van der Waals surface area contributed by atoms with Crippen molar-refractivity contribution >= 4 is 23.2 Å². The zero-order valence-electron chi connectivity index (χ0n) is 21.3. The van der Waals surface area contributed by atoms with Crippen molar-refractivity contribution in [2.45, 2.75) is 85.2 Å². The van der Waals surface area contributed by atoms with E-state index in [1.807, 2.05) is 78.2 Å². The molecule has 1 aliphatic rings. The number of nitrogens with two attached hydrogens (primary N) is 1. The first-order chi connectivity index (χ1) is 15.8. The molecule has 8 heteroatoms. The minimum atomic E-state index is -0.695. The van der Waals surface area contributed by atoms with Gasteiger partial charge in [0.25, 0.3) is 0 Å². The van der Waals surface area contributed by atoms with Gasteiger partial charge in [0.15, 0.2) is 0 Å². The van der Waals surface area contributed by atoms with Gasteiger partial charge in [-0.3, -0.25) is 9.59 Å². The van der Waals surface area contributed by atoms with Gasteiger partial charge in [-0.05, 0) is 44.2 Å². The van der Waals surface area contributed by atoms with Crippen molar-refractivity contribution in [1.82, 2.24) is 15.2 Å². The van der Waals surface area contributed by atoms with E-state index >= 15 is 0 Å². The number of carbonyl (C=O) groups is 2. The lowest BCUT2D eigenvalue weighted by molar-refractivity contribution is -0.141. The van der Waals surface area contributed by atoms with Gasteiger partial charge in [0.2, 0.25) is 11.8 Å². The van der Waals surface area contributed by atoms with Gasteiger partial charge >= 0.3 is 0 Å². The molecule has 3 N–H and O–H groups in total. The first-order valence-corrected chi connectivity index (χ1v) is 12.6. The lowest BCUT2D eigenvalue weighted by atomic mass is 9.86. The predicted octanol–water partition coefficient (Wildman–Crippen LogP) is 3.89. The largest absolute Gasteiger partial charge is 0.371 e. The first-order valence-electron chi connectivity index (χ1n) is 11.8. The summed E-state index contributed by atoms with van der Waals surface area (Å²) in [5.41, 5.74) is 10.5. The zero-order chi connectivity index (χ0) is 25.3. The number of aryl methyl sites for hydroxylation is 1. The molecular weight excluding hydrogens is 448 g/mol. The molecule has 1 saturated heterocycles. The highest BCUT2D eigenvalue weighted by atomic mass is 32.1. The number of aromatic nitrogens is 1. The number of amides is 2. The van der Waals surface area contributed by atoms with E-state index in [2.05, 4.69) is 10.3 Å². The highest BCUT2D eigenvalue weighted by Gasteiger charge is 2.44. The Labute approximate surface area is 207 Å². The Morgan fingerprint density at radius 3 is 2.38 bits per heavy atom. The maximum Gasteiger partial charge on any atom is 0.243 e. The predicted molar refractivity (Wildman–Crippen MR) is 136 cm³/mol. The fourth-order valence-corrected chi connectivity index (χ4v) is 4.90. The van der Waals surface area contributed by atoms with Crippen molar-refractivity contribution in [2.75, 3.05) is 6.54 Å². The van der Waals surface area contributed by atoms with E-state index in [-0.39, 0.29) is 23.5 Å². The van der Waals surface area contributed by atoms with Crippen LogP contribution in [-0.4, -0.2) is 52.0 Å². The Balaban J connectivity index is 1.69. The van der Waals surface area contributed by atoms with Crippen LogP contribution in [0.5, 0.6) is 0 Å². The molecule has 0 bridgehead atoms. The molecule has 0 radical (unpaired) electrons. The van der Waals surface area contributed by atoms with E-state index in [1.165, 1.54) is 0 Å². The van der Waals surface area contributed by atoms with Crippen LogP contribution in [0.3, 0.4) is 0 Å². The van der Waals surface area contributed by atoms with Crippen LogP contribution in [0, 0.1) is 12.3 Å². The van der Waals surface area contributed by atoms with E-state index in [1.54, 1.807) is 16.2 Å².